The summed E-state index contributed by atoms with van der Waals surface area (Å²) in [5.74, 6) is 0.608. The van der Waals surface area contributed by atoms with Crippen LogP contribution in [-0.2, 0) is 10.0 Å². The molecule has 1 saturated heterocycles. The average molecular weight is 433 g/mol. The molecule has 0 N–H and O–H groups in total. The minimum absolute atomic E-state index is 0.0664. The SMILES string of the molecule is O=[N+]([O-])c1ccc(N2CCN(S(=O)(=O)c3ccc(Br)s3)CC2)nc1. The van der Waals surface area contributed by atoms with Gasteiger partial charge in [0, 0.05) is 32.2 Å². The third-order valence-electron chi connectivity index (χ3n) is 3.65. The summed E-state index contributed by atoms with van der Waals surface area (Å²) < 4.78 is 27.7. The van der Waals surface area contributed by atoms with Gasteiger partial charge in [0.25, 0.3) is 15.7 Å². The van der Waals surface area contributed by atoms with E-state index in [0.29, 0.717) is 36.2 Å². The number of sulfonamides is 1. The van der Waals surface area contributed by atoms with Gasteiger partial charge < -0.3 is 4.90 Å². The van der Waals surface area contributed by atoms with E-state index in [9.17, 15) is 18.5 Å². The molecule has 0 bridgehead atoms. The van der Waals surface area contributed by atoms with Crippen molar-refractivity contribution in [3.05, 3.63) is 44.4 Å². The maximum atomic E-state index is 12.6. The first-order valence-electron chi connectivity index (χ1n) is 6.99. The number of hydrogen-bond donors (Lipinski definition) is 0. The van der Waals surface area contributed by atoms with Crippen LogP contribution in [0.1, 0.15) is 0 Å². The molecule has 1 fully saturated rings. The highest BCUT2D eigenvalue weighted by Gasteiger charge is 2.30. The fourth-order valence-corrected chi connectivity index (χ4v) is 5.98. The molecule has 0 amide bonds. The molecule has 0 aromatic carbocycles. The van der Waals surface area contributed by atoms with E-state index in [1.807, 2.05) is 4.90 Å². The topological polar surface area (TPSA) is 96.6 Å². The summed E-state index contributed by atoms with van der Waals surface area (Å²) in [7, 11) is -3.48. The molecular formula is C13H13BrN4O4S2. The van der Waals surface area contributed by atoms with E-state index in [1.54, 1.807) is 18.2 Å². The van der Waals surface area contributed by atoms with Gasteiger partial charge in [-0.05, 0) is 34.1 Å². The monoisotopic (exact) mass is 432 g/mol. The highest BCUT2D eigenvalue weighted by Crippen LogP contribution is 2.29. The zero-order valence-electron chi connectivity index (χ0n) is 12.3. The first-order valence-corrected chi connectivity index (χ1v) is 10.0. The molecule has 0 saturated carbocycles. The molecule has 11 heteroatoms. The van der Waals surface area contributed by atoms with E-state index < -0.39 is 14.9 Å². The third kappa shape index (κ3) is 3.43. The Morgan fingerprint density at radius 1 is 1.17 bits per heavy atom. The van der Waals surface area contributed by atoms with Gasteiger partial charge in [0.1, 0.15) is 16.2 Å². The minimum atomic E-state index is -3.48. The predicted octanol–water partition coefficient (Wildman–Crippen LogP) is 2.32. The molecule has 1 aliphatic heterocycles. The summed E-state index contributed by atoms with van der Waals surface area (Å²) in [5, 5.41) is 10.7. The van der Waals surface area contributed by atoms with E-state index in [4.69, 9.17) is 0 Å². The molecule has 3 heterocycles. The Morgan fingerprint density at radius 2 is 1.88 bits per heavy atom. The van der Waals surface area contributed by atoms with Gasteiger partial charge >= 0.3 is 0 Å². The molecule has 2 aromatic rings. The lowest BCUT2D eigenvalue weighted by molar-refractivity contribution is -0.385. The smallest absolute Gasteiger partial charge is 0.287 e. The standard InChI is InChI=1S/C13H13BrN4O4S2/c14-11-2-4-13(23-11)24(21,22)17-7-5-16(6-8-17)12-3-1-10(9-15-12)18(19)20/h1-4,9H,5-8H2. The Kier molecular flexibility index (Phi) is 4.85. The Labute approximate surface area is 151 Å². The molecule has 2 aromatic heterocycles. The zero-order valence-corrected chi connectivity index (χ0v) is 15.6. The Morgan fingerprint density at radius 3 is 2.38 bits per heavy atom. The molecule has 24 heavy (non-hydrogen) atoms. The van der Waals surface area contributed by atoms with Gasteiger partial charge in [-0.2, -0.15) is 4.31 Å². The fraction of sp³-hybridized carbons (Fsp3) is 0.308. The van der Waals surface area contributed by atoms with Crippen LogP contribution in [0.3, 0.4) is 0 Å². The van der Waals surface area contributed by atoms with Crippen LogP contribution < -0.4 is 4.90 Å². The van der Waals surface area contributed by atoms with Gasteiger partial charge in [-0.25, -0.2) is 13.4 Å². The lowest BCUT2D eigenvalue weighted by Crippen LogP contribution is -2.48. The summed E-state index contributed by atoms with van der Waals surface area (Å²) in [4.78, 5) is 16.2. The molecule has 0 radical (unpaired) electrons. The lowest BCUT2D eigenvalue weighted by Gasteiger charge is -2.34. The molecule has 8 nitrogen and oxygen atoms in total. The van der Waals surface area contributed by atoms with E-state index in [0.717, 1.165) is 3.79 Å². The van der Waals surface area contributed by atoms with Crippen molar-refractivity contribution < 1.29 is 13.3 Å². The zero-order chi connectivity index (χ0) is 17.3. The average Bonchev–Trinajstić information content (AvgIpc) is 3.02. The lowest BCUT2D eigenvalue weighted by atomic mass is 10.3. The van der Waals surface area contributed by atoms with E-state index in [-0.39, 0.29) is 5.69 Å². The second kappa shape index (κ2) is 6.75. The van der Waals surface area contributed by atoms with Gasteiger partial charge in [-0.1, -0.05) is 0 Å². The van der Waals surface area contributed by atoms with Gasteiger partial charge in [-0.15, -0.1) is 11.3 Å². The highest BCUT2D eigenvalue weighted by molar-refractivity contribution is 9.11. The van der Waals surface area contributed by atoms with E-state index in [1.165, 1.54) is 27.9 Å². The number of nitro groups is 1. The van der Waals surface area contributed by atoms with E-state index >= 15 is 0 Å². The number of pyridine rings is 1. The van der Waals surface area contributed by atoms with Crippen molar-refractivity contribution in [2.24, 2.45) is 0 Å². The van der Waals surface area contributed by atoms with Crippen molar-refractivity contribution in [3.63, 3.8) is 0 Å². The Bertz CT molecular complexity index is 845. The first kappa shape index (κ1) is 17.3. The largest absolute Gasteiger partial charge is 0.354 e. The second-order valence-electron chi connectivity index (χ2n) is 5.08. The molecule has 0 spiro atoms. The molecule has 3 rings (SSSR count). The number of hydrogen-bond acceptors (Lipinski definition) is 7. The van der Waals surface area contributed by atoms with Crippen molar-refractivity contribution >= 4 is 48.8 Å². The molecule has 0 aliphatic carbocycles. The van der Waals surface area contributed by atoms with Crippen LogP contribution in [0, 0.1) is 10.1 Å². The first-order chi connectivity index (χ1) is 11.4. The summed E-state index contributed by atoms with van der Waals surface area (Å²) in [5.41, 5.74) is -0.0664. The molecule has 0 unspecified atom stereocenters. The Balaban J connectivity index is 1.68. The van der Waals surface area contributed by atoms with Crippen molar-refractivity contribution in [1.29, 1.82) is 0 Å². The summed E-state index contributed by atoms with van der Waals surface area (Å²) in [6.45, 7) is 1.65. The molecule has 0 atom stereocenters. The van der Waals surface area contributed by atoms with Gasteiger partial charge in [0.05, 0.1) is 8.71 Å². The summed E-state index contributed by atoms with van der Waals surface area (Å²) in [6.07, 6.45) is 1.21. The number of nitrogens with zero attached hydrogens (tertiary/aromatic N) is 4. The number of piperazine rings is 1. The maximum absolute atomic E-state index is 12.6. The highest BCUT2D eigenvalue weighted by atomic mass is 79.9. The second-order valence-corrected chi connectivity index (χ2v) is 9.71. The van der Waals surface area contributed by atoms with Crippen LogP contribution in [0.15, 0.2) is 38.5 Å². The van der Waals surface area contributed by atoms with Crippen LogP contribution in [0.4, 0.5) is 11.5 Å². The summed E-state index contributed by atoms with van der Waals surface area (Å²) >= 11 is 4.46. The van der Waals surface area contributed by atoms with Crippen LogP contribution in [-0.4, -0.2) is 48.8 Å². The van der Waals surface area contributed by atoms with Crippen molar-refractivity contribution in [1.82, 2.24) is 9.29 Å². The number of halogens is 1. The van der Waals surface area contributed by atoms with Crippen LogP contribution in [0.5, 0.6) is 0 Å². The molecular weight excluding hydrogens is 420 g/mol. The van der Waals surface area contributed by atoms with E-state index in [2.05, 4.69) is 20.9 Å². The van der Waals surface area contributed by atoms with Crippen LogP contribution >= 0.6 is 27.3 Å². The van der Waals surface area contributed by atoms with Gasteiger partial charge in [0.15, 0.2) is 0 Å². The van der Waals surface area contributed by atoms with Crippen LogP contribution in [0.2, 0.25) is 0 Å². The van der Waals surface area contributed by atoms with Gasteiger partial charge in [0.2, 0.25) is 0 Å². The number of thiophene rings is 1. The fourth-order valence-electron chi connectivity index (χ4n) is 2.39. The number of rotatable bonds is 4. The normalized spacial score (nSPS) is 16.3. The molecule has 1 aliphatic rings. The Hall–Kier alpha value is -1.56. The quantitative estimate of drug-likeness (QED) is 0.543. The predicted molar refractivity (Wildman–Crippen MR) is 93.9 cm³/mol. The van der Waals surface area contributed by atoms with Crippen molar-refractivity contribution in [2.75, 3.05) is 31.1 Å². The number of aromatic nitrogens is 1. The maximum Gasteiger partial charge on any atom is 0.287 e. The minimum Gasteiger partial charge on any atom is -0.354 e. The van der Waals surface area contributed by atoms with Crippen molar-refractivity contribution in [2.45, 2.75) is 4.21 Å². The number of anilines is 1. The van der Waals surface area contributed by atoms with Crippen LogP contribution in [0.25, 0.3) is 0 Å². The molecule has 128 valence electrons. The summed E-state index contributed by atoms with van der Waals surface area (Å²) in [6, 6.07) is 6.29. The van der Waals surface area contributed by atoms with Crippen molar-refractivity contribution in [3.8, 4) is 0 Å². The third-order valence-corrected chi connectivity index (χ3v) is 7.64. The van der Waals surface area contributed by atoms with Gasteiger partial charge in [-0.3, -0.25) is 10.1 Å².